The fourth-order valence-electron chi connectivity index (χ4n) is 3.06. The van der Waals surface area contributed by atoms with Crippen LogP contribution in [0.2, 0.25) is 0 Å². The third-order valence-electron chi connectivity index (χ3n) is 4.45. The number of fused-ring (bicyclic) bond motifs is 2. The first-order chi connectivity index (χ1) is 11.4. The maximum Gasteiger partial charge on any atom is 0.196 e. The van der Waals surface area contributed by atoms with Gasteiger partial charge in [0.1, 0.15) is 17.1 Å². The Balaban J connectivity index is 2.18. The molecule has 0 fully saturated rings. The standard InChI is InChI=1S/C19H22O5/c1-10(2)4-5-11-6-12-18(9-16(11)23-3)24-17-8-15(21)14(20)7-13(17)19(12)22/h4,6,9,14-15,20-21H,5,7-8H2,1-3H3/t14-,15-/m0/s1. The largest absolute Gasteiger partial charge is 0.496 e. The summed E-state index contributed by atoms with van der Waals surface area (Å²) in [6.07, 6.45) is 1.16. The third-order valence-corrected chi connectivity index (χ3v) is 4.45. The van der Waals surface area contributed by atoms with Crippen molar-refractivity contribution in [3.8, 4) is 5.75 Å². The Morgan fingerprint density at radius 2 is 2.00 bits per heavy atom. The highest BCUT2D eigenvalue weighted by Gasteiger charge is 2.29. The molecule has 0 spiro atoms. The summed E-state index contributed by atoms with van der Waals surface area (Å²) in [6.45, 7) is 4.04. The van der Waals surface area contributed by atoms with Crippen LogP contribution in [-0.2, 0) is 19.3 Å². The highest BCUT2D eigenvalue weighted by atomic mass is 16.5. The normalized spacial score (nSPS) is 19.9. The van der Waals surface area contributed by atoms with Gasteiger partial charge >= 0.3 is 0 Å². The highest BCUT2D eigenvalue weighted by molar-refractivity contribution is 5.80. The minimum absolute atomic E-state index is 0.115. The van der Waals surface area contributed by atoms with Crippen molar-refractivity contribution in [3.05, 3.63) is 50.9 Å². The van der Waals surface area contributed by atoms with Gasteiger partial charge in [-0.2, -0.15) is 0 Å². The fraction of sp³-hybridized carbons (Fsp3) is 0.421. The number of benzene rings is 1. The lowest BCUT2D eigenvalue weighted by atomic mass is 9.91. The van der Waals surface area contributed by atoms with Gasteiger partial charge in [-0.25, -0.2) is 0 Å². The summed E-state index contributed by atoms with van der Waals surface area (Å²) in [6, 6.07) is 3.53. The van der Waals surface area contributed by atoms with Crippen LogP contribution < -0.4 is 10.2 Å². The fourth-order valence-corrected chi connectivity index (χ4v) is 3.06. The number of hydrogen-bond acceptors (Lipinski definition) is 5. The molecule has 2 aromatic rings. The van der Waals surface area contributed by atoms with Crippen LogP contribution in [-0.4, -0.2) is 29.5 Å². The van der Waals surface area contributed by atoms with Gasteiger partial charge in [0.15, 0.2) is 5.43 Å². The van der Waals surface area contributed by atoms with E-state index in [0.717, 1.165) is 5.56 Å². The van der Waals surface area contributed by atoms with Gasteiger partial charge in [0.25, 0.3) is 0 Å². The Bertz CT molecular complexity index is 858. The topological polar surface area (TPSA) is 79.9 Å². The SMILES string of the molecule is COc1cc2oc3c(c(=O)c2cc1CC=C(C)C)C[C@H](O)[C@@H](O)C3. The monoisotopic (exact) mass is 330 g/mol. The Labute approximate surface area is 140 Å². The number of methoxy groups -OCH3 is 1. The van der Waals surface area contributed by atoms with Gasteiger partial charge < -0.3 is 19.4 Å². The molecule has 1 heterocycles. The zero-order valence-electron chi connectivity index (χ0n) is 14.1. The summed E-state index contributed by atoms with van der Waals surface area (Å²) < 4.78 is 11.3. The van der Waals surface area contributed by atoms with E-state index in [4.69, 9.17) is 9.15 Å². The summed E-state index contributed by atoms with van der Waals surface area (Å²) in [7, 11) is 1.59. The lowest BCUT2D eigenvalue weighted by Crippen LogP contribution is -2.37. The van der Waals surface area contributed by atoms with Crippen LogP contribution in [0.25, 0.3) is 11.0 Å². The summed E-state index contributed by atoms with van der Waals surface area (Å²) in [4.78, 5) is 12.8. The van der Waals surface area contributed by atoms with Gasteiger partial charge in [-0.3, -0.25) is 4.79 Å². The molecule has 0 saturated carbocycles. The van der Waals surface area contributed by atoms with Crippen LogP contribution in [0.5, 0.6) is 5.75 Å². The summed E-state index contributed by atoms with van der Waals surface area (Å²) in [5, 5.41) is 20.1. The van der Waals surface area contributed by atoms with Crippen molar-refractivity contribution >= 4 is 11.0 Å². The van der Waals surface area contributed by atoms with Crippen LogP contribution in [0, 0.1) is 0 Å². The lowest BCUT2D eigenvalue weighted by molar-refractivity contribution is 0.00937. The third kappa shape index (κ3) is 2.97. The molecule has 2 N–H and O–H groups in total. The zero-order valence-corrected chi connectivity index (χ0v) is 14.1. The number of aliphatic hydroxyl groups is 2. The molecule has 5 nitrogen and oxygen atoms in total. The maximum atomic E-state index is 12.8. The highest BCUT2D eigenvalue weighted by Crippen LogP contribution is 2.29. The molecule has 1 aliphatic carbocycles. The van der Waals surface area contributed by atoms with Crippen molar-refractivity contribution in [1.82, 2.24) is 0 Å². The molecule has 24 heavy (non-hydrogen) atoms. The van der Waals surface area contributed by atoms with Crippen molar-refractivity contribution in [3.63, 3.8) is 0 Å². The van der Waals surface area contributed by atoms with Crippen LogP contribution in [0.3, 0.4) is 0 Å². The zero-order chi connectivity index (χ0) is 17.4. The molecule has 0 bridgehead atoms. The Kier molecular flexibility index (Phi) is 4.47. The van der Waals surface area contributed by atoms with E-state index in [1.54, 1.807) is 19.2 Å². The van der Waals surface area contributed by atoms with E-state index in [9.17, 15) is 15.0 Å². The molecule has 5 heteroatoms. The van der Waals surface area contributed by atoms with Gasteiger partial charge in [0, 0.05) is 24.5 Å². The van der Waals surface area contributed by atoms with Crippen molar-refractivity contribution in [2.45, 2.75) is 45.3 Å². The smallest absolute Gasteiger partial charge is 0.196 e. The van der Waals surface area contributed by atoms with E-state index in [1.807, 2.05) is 13.8 Å². The van der Waals surface area contributed by atoms with E-state index in [0.29, 0.717) is 34.5 Å². The van der Waals surface area contributed by atoms with Gasteiger partial charge in [0.05, 0.1) is 24.7 Å². The summed E-state index contributed by atoms with van der Waals surface area (Å²) in [5.74, 6) is 1.11. The lowest BCUT2D eigenvalue weighted by Gasteiger charge is -2.24. The summed E-state index contributed by atoms with van der Waals surface area (Å²) >= 11 is 0. The molecule has 128 valence electrons. The van der Waals surface area contributed by atoms with Gasteiger partial charge in [-0.1, -0.05) is 11.6 Å². The van der Waals surface area contributed by atoms with Gasteiger partial charge in [-0.15, -0.1) is 0 Å². The van der Waals surface area contributed by atoms with Crippen molar-refractivity contribution < 1.29 is 19.4 Å². The first kappa shape index (κ1) is 16.7. The van der Waals surface area contributed by atoms with E-state index in [2.05, 4.69) is 6.08 Å². The van der Waals surface area contributed by atoms with Gasteiger partial charge in [-0.05, 0) is 31.9 Å². The predicted molar refractivity (Wildman–Crippen MR) is 91.6 cm³/mol. The average molecular weight is 330 g/mol. The second kappa shape index (κ2) is 6.42. The van der Waals surface area contributed by atoms with Crippen LogP contribution in [0.1, 0.15) is 30.7 Å². The molecule has 1 aromatic carbocycles. The van der Waals surface area contributed by atoms with Gasteiger partial charge in [0.2, 0.25) is 0 Å². The minimum atomic E-state index is -0.929. The Hall–Kier alpha value is -2.11. The Morgan fingerprint density at radius 1 is 1.29 bits per heavy atom. The number of allylic oxidation sites excluding steroid dienone is 2. The number of ether oxygens (including phenoxy) is 1. The number of aliphatic hydroxyl groups excluding tert-OH is 2. The molecule has 0 amide bonds. The Morgan fingerprint density at radius 3 is 2.67 bits per heavy atom. The van der Waals surface area contributed by atoms with Crippen molar-refractivity contribution in [2.24, 2.45) is 0 Å². The molecule has 0 aliphatic heterocycles. The molecule has 1 aromatic heterocycles. The number of hydrogen-bond donors (Lipinski definition) is 2. The molecule has 0 saturated heterocycles. The molecule has 0 radical (unpaired) electrons. The van der Waals surface area contributed by atoms with E-state index in [-0.39, 0.29) is 18.3 Å². The molecule has 2 atom stereocenters. The van der Waals surface area contributed by atoms with Crippen LogP contribution in [0.4, 0.5) is 0 Å². The average Bonchev–Trinajstić information content (AvgIpc) is 2.54. The molecular formula is C19H22O5. The molecule has 3 rings (SSSR count). The molecule has 0 unspecified atom stereocenters. The maximum absolute atomic E-state index is 12.8. The number of rotatable bonds is 3. The second-order valence-corrected chi connectivity index (χ2v) is 6.52. The van der Waals surface area contributed by atoms with Crippen LogP contribution in [0.15, 0.2) is 33.0 Å². The first-order valence-corrected chi connectivity index (χ1v) is 8.05. The first-order valence-electron chi connectivity index (χ1n) is 8.05. The molecular weight excluding hydrogens is 308 g/mol. The predicted octanol–water partition coefficient (Wildman–Crippen LogP) is 2.13. The molecule has 1 aliphatic rings. The van der Waals surface area contributed by atoms with Crippen molar-refractivity contribution in [1.29, 1.82) is 0 Å². The minimum Gasteiger partial charge on any atom is -0.496 e. The van der Waals surface area contributed by atoms with E-state index < -0.39 is 12.2 Å². The van der Waals surface area contributed by atoms with Crippen molar-refractivity contribution in [2.75, 3.05) is 7.11 Å². The van der Waals surface area contributed by atoms with Crippen LogP contribution >= 0.6 is 0 Å². The quantitative estimate of drug-likeness (QED) is 0.843. The van der Waals surface area contributed by atoms with E-state index >= 15 is 0 Å². The van der Waals surface area contributed by atoms with E-state index in [1.165, 1.54) is 5.57 Å². The summed E-state index contributed by atoms with van der Waals surface area (Å²) in [5.41, 5.74) is 2.86. The second-order valence-electron chi connectivity index (χ2n) is 6.52.